The average Bonchev–Trinajstić information content (AvgIpc) is 2.80. The van der Waals surface area contributed by atoms with Gasteiger partial charge in [0.15, 0.2) is 0 Å². The van der Waals surface area contributed by atoms with Crippen molar-refractivity contribution in [2.45, 2.75) is 44.1 Å². The van der Waals surface area contributed by atoms with E-state index in [0.717, 1.165) is 31.2 Å². The summed E-state index contributed by atoms with van der Waals surface area (Å²) in [5.41, 5.74) is 0.288. The van der Waals surface area contributed by atoms with E-state index >= 15 is 0 Å². The maximum atomic E-state index is 12.5. The fourth-order valence-corrected chi connectivity index (χ4v) is 3.19. The van der Waals surface area contributed by atoms with Gasteiger partial charge in [-0.15, -0.1) is 0 Å². The van der Waals surface area contributed by atoms with Crippen LogP contribution >= 0.6 is 0 Å². The van der Waals surface area contributed by atoms with Gasteiger partial charge in [-0.3, -0.25) is 4.79 Å². The van der Waals surface area contributed by atoms with Crippen LogP contribution in [0.2, 0.25) is 0 Å². The van der Waals surface area contributed by atoms with Gasteiger partial charge in [-0.2, -0.15) is 0 Å². The average molecular weight is 300 g/mol. The first-order valence-electron chi connectivity index (χ1n) is 7.73. The molecular formula is C17H20N2O3. The number of pyridine rings is 1. The van der Waals surface area contributed by atoms with E-state index in [0.29, 0.717) is 18.4 Å². The molecule has 2 heterocycles. The van der Waals surface area contributed by atoms with Crippen molar-refractivity contribution >= 4 is 17.4 Å². The van der Waals surface area contributed by atoms with Crippen LogP contribution in [0.1, 0.15) is 48.9 Å². The smallest absolute Gasteiger partial charge is 0.329 e. The lowest BCUT2D eigenvalue weighted by molar-refractivity contribution is -0.145. The van der Waals surface area contributed by atoms with Crippen LogP contribution in [-0.4, -0.2) is 26.9 Å². The number of amides is 1. The third kappa shape index (κ3) is 2.71. The Bertz CT molecular complexity index is 664. The molecule has 1 saturated carbocycles. The number of carboxylic acids is 1. The molecule has 0 aromatic carbocycles. The number of nitrogens with zero attached hydrogens (tertiary/aromatic N) is 1. The molecule has 5 nitrogen and oxygen atoms in total. The number of aliphatic carboxylic acids is 1. The largest absolute Gasteiger partial charge is 0.480 e. The molecule has 0 aliphatic heterocycles. The van der Waals surface area contributed by atoms with Crippen molar-refractivity contribution in [3.05, 3.63) is 42.2 Å². The van der Waals surface area contributed by atoms with Crippen LogP contribution in [0.15, 0.2) is 36.7 Å². The SMILES string of the molecule is O=C(NC1(C(=O)O)CCCCCC1)c1cc2ccccn2c1. The number of carbonyl (C=O) groups is 2. The highest BCUT2D eigenvalue weighted by Gasteiger charge is 2.40. The molecule has 1 fully saturated rings. The number of rotatable bonds is 3. The highest BCUT2D eigenvalue weighted by molar-refractivity contribution is 5.99. The van der Waals surface area contributed by atoms with E-state index in [1.807, 2.05) is 28.8 Å². The van der Waals surface area contributed by atoms with E-state index in [9.17, 15) is 14.7 Å². The van der Waals surface area contributed by atoms with Crippen molar-refractivity contribution in [1.29, 1.82) is 0 Å². The van der Waals surface area contributed by atoms with Gasteiger partial charge in [0.2, 0.25) is 0 Å². The van der Waals surface area contributed by atoms with Crippen molar-refractivity contribution in [1.82, 2.24) is 9.72 Å². The van der Waals surface area contributed by atoms with Gasteiger partial charge in [0, 0.05) is 17.9 Å². The Hall–Kier alpha value is -2.30. The molecule has 0 unspecified atom stereocenters. The molecule has 2 N–H and O–H groups in total. The summed E-state index contributed by atoms with van der Waals surface area (Å²) in [6.07, 6.45) is 8.33. The Morgan fingerprint density at radius 2 is 1.86 bits per heavy atom. The number of hydrogen-bond donors (Lipinski definition) is 2. The normalized spacial score (nSPS) is 17.8. The van der Waals surface area contributed by atoms with Gasteiger partial charge >= 0.3 is 5.97 Å². The summed E-state index contributed by atoms with van der Waals surface area (Å²) in [5.74, 6) is -1.24. The Balaban J connectivity index is 1.85. The third-order valence-corrected chi connectivity index (χ3v) is 4.49. The molecule has 3 rings (SSSR count). The van der Waals surface area contributed by atoms with Gasteiger partial charge in [-0.05, 0) is 31.0 Å². The van der Waals surface area contributed by atoms with Gasteiger partial charge < -0.3 is 14.8 Å². The van der Waals surface area contributed by atoms with Crippen molar-refractivity contribution in [3.63, 3.8) is 0 Å². The molecule has 0 spiro atoms. The van der Waals surface area contributed by atoms with Crippen LogP contribution in [0.3, 0.4) is 0 Å². The van der Waals surface area contributed by atoms with E-state index in [1.54, 1.807) is 12.3 Å². The zero-order chi connectivity index (χ0) is 15.6. The van der Waals surface area contributed by atoms with Crippen molar-refractivity contribution in [3.8, 4) is 0 Å². The monoisotopic (exact) mass is 300 g/mol. The van der Waals surface area contributed by atoms with E-state index in [2.05, 4.69) is 5.32 Å². The van der Waals surface area contributed by atoms with Gasteiger partial charge in [-0.1, -0.05) is 31.7 Å². The van der Waals surface area contributed by atoms with Crippen LogP contribution in [0.5, 0.6) is 0 Å². The maximum Gasteiger partial charge on any atom is 0.329 e. The summed E-state index contributed by atoms with van der Waals surface area (Å²) in [5, 5.41) is 12.4. The summed E-state index contributed by atoms with van der Waals surface area (Å²) in [7, 11) is 0. The first kappa shape index (κ1) is 14.6. The second-order valence-corrected chi connectivity index (χ2v) is 6.02. The van der Waals surface area contributed by atoms with Crippen LogP contribution < -0.4 is 5.32 Å². The minimum Gasteiger partial charge on any atom is -0.480 e. The first-order valence-corrected chi connectivity index (χ1v) is 7.73. The van der Waals surface area contributed by atoms with Gasteiger partial charge in [-0.25, -0.2) is 4.79 Å². The molecule has 0 atom stereocenters. The van der Waals surface area contributed by atoms with Gasteiger partial charge in [0.1, 0.15) is 5.54 Å². The van der Waals surface area contributed by atoms with E-state index in [1.165, 1.54) is 0 Å². The molecule has 2 aromatic heterocycles. The molecule has 1 aliphatic carbocycles. The third-order valence-electron chi connectivity index (χ3n) is 4.49. The quantitative estimate of drug-likeness (QED) is 0.856. The highest BCUT2D eigenvalue weighted by Crippen LogP contribution is 2.28. The Morgan fingerprint density at radius 1 is 1.14 bits per heavy atom. The summed E-state index contributed by atoms with van der Waals surface area (Å²) < 4.78 is 1.86. The number of carboxylic acid groups (broad SMARTS) is 1. The number of aromatic nitrogens is 1. The number of nitrogens with one attached hydrogen (secondary N) is 1. The summed E-state index contributed by atoms with van der Waals surface area (Å²) >= 11 is 0. The molecule has 2 aromatic rings. The molecule has 22 heavy (non-hydrogen) atoms. The van der Waals surface area contributed by atoms with Crippen LogP contribution in [0.25, 0.3) is 5.52 Å². The van der Waals surface area contributed by atoms with Crippen LogP contribution in [-0.2, 0) is 4.79 Å². The molecule has 1 aliphatic rings. The Morgan fingerprint density at radius 3 is 2.50 bits per heavy atom. The topological polar surface area (TPSA) is 70.8 Å². The molecular weight excluding hydrogens is 280 g/mol. The molecule has 5 heteroatoms. The van der Waals surface area contributed by atoms with Gasteiger partial charge in [0.25, 0.3) is 5.91 Å². The molecule has 0 bridgehead atoms. The molecule has 116 valence electrons. The Kier molecular flexibility index (Phi) is 3.88. The first-order chi connectivity index (χ1) is 10.6. The van der Waals surface area contributed by atoms with Gasteiger partial charge in [0.05, 0.1) is 5.56 Å². The molecule has 0 saturated heterocycles. The fourth-order valence-electron chi connectivity index (χ4n) is 3.19. The highest BCUT2D eigenvalue weighted by atomic mass is 16.4. The minimum atomic E-state index is -1.12. The second kappa shape index (κ2) is 5.83. The lowest BCUT2D eigenvalue weighted by Gasteiger charge is -2.29. The predicted molar refractivity (Wildman–Crippen MR) is 82.9 cm³/mol. The maximum absolute atomic E-state index is 12.5. The Labute approximate surface area is 128 Å². The number of hydrogen-bond acceptors (Lipinski definition) is 2. The summed E-state index contributed by atoms with van der Waals surface area (Å²) in [4.78, 5) is 24.3. The van der Waals surface area contributed by atoms with E-state index in [-0.39, 0.29) is 5.91 Å². The van der Waals surface area contributed by atoms with E-state index < -0.39 is 11.5 Å². The number of fused-ring (bicyclic) bond motifs is 1. The fraction of sp³-hybridized carbons (Fsp3) is 0.412. The lowest BCUT2D eigenvalue weighted by atomic mass is 9.90. The zero-order valence-corrected chi connectivity index (χ0v) is 12.4. The molecule has 0 radical (unpaired) electrons. The van der Waals surface area contributed by atoms with Crippen LogP contribution in [0.4, 0.5) is 0 Å². The second-order valence-electron chi connectivity index (χ2n) is 6.02. The number of carbonyl (C=O) groups excluding carboxylic acids is 1. The van der Waals surface area contributed by atoms with E-state index in [4.69, 9.17) is 0 Å². The predicted octanol–water partition coefficient (Wildman–Crippen LogP) is 2.85. The van der Waals surface area contributed by atoms with Crippen molar-refractivity contribution in [2.75, 3.05) is 0 Å². The standard InChI is InChI=1S/C17H20N2O3/c20-15(13-11-14-7-3-6-10-19(14)12-13)18-17(16(21)22)8-4-1-2-5-9-17/h3,6-7,10-12H,1-2,4-5,8-9H2,(H,18,20)(H,21,22). The zero-order valence-electron chi connectivity index (χ0n) is 12.4. The van der Waals surface area contributed by atoms with Crippen LogP contribution in [0, 0.1) is 0 Å². The minimum absolute atomic E-state index is 0.312. The van der Waals surface area contributed by atoms with Crippen molar-refractivity contribution in [2.24, 2.45) is 0 Å². The summed E-state index contributed by atoms with van der Waals surface area (Å²) in [6, 6.07) is 7.48. The lowest BCUT2D eigenvalue weighted by Crippen LogP contribution is -2.54. The molecule has 1 amide bonds. The van der Waals surface area contributed by atoms with Crippen molar-refractivity contribution < 1.29 is 14.7 Å². The summed E-state index contributed by atoms with van der Waals surface area (Å²) in [6.45, 7) is 0.